The first-order valence-corrected chi connectivity index (χ1v) is 7.65. The molecule has 3 rings (SSSR count). The van der Waals surface area contributed by atoms with Gasteiger partial charge < -0.3 is 5.32 Å². The highest BCUT2D eigenvalue weighted by Gasteiger charge is 2.39. The molecule has 0 aliphatic carbocycles. The van der Waals surface area contributed by atoms with Crippen LogP contribution in [0.5, 0.6) is 0 Å². The Kier molecular flexibility index (Phi) is 4.08. The Labute approximate surface area is 122 Å². The third-order valence-electron chi connectivity index (χ3n) is 3.42. The van der Waals surface area contributed by atoms with Crippen LogP contribution in [-0.2, 0) is 17.8 Å². The molecule has 104 valence electrons. The first kappa shape index (κ1) is 13.3. The highest BCUT2D eigenvalue weighted by Crippen LogP contribution is 2.18. The third-order valence-corrected chi connectivity index (χ3v) is 4.29. The number of carbonyl (C=O) groups excluding carboxylic acids is 1. The van der Waals surface area contributed by atoms with E-state index in [2.05, 4.69) is 15.2 Å². The van der Waals surface area contributed by atoms with Gasteiger partial charge in [-0.25, -0.2) is 0 Å². The molecule has 1 saturated heterocycles. The summed E-state index contributed by atoms with van der Waals surface area (Å²) in [5.74, 6) is 0.138. The minimum Gasteiger partial charge on any atom is -0.350 e. The lowest BCUT2D eigenvalue weighted by Gasteiger charge is -2.05. The molecule has 2 unspecified atom stereocenters. The van der Waals surface area contributed by atoms with E-state index in [4.69, 9.17) is 0 Å². The summed E-state index contributed by atoms with van der Waals surface area (Å²) < 4.78 is 0. The van der Waals surface area contributed by atoms with Gasteiger partial charge in [-0.2, -0.15) is 0 Å². The Bertz CT molecular complexity index is 556. The molecule has 5 heteroatoms. The maximum Gasteiger partial charge on any atom is 0.238 e. The van der Waals surface area contributed by atoms with Crippen LogP contribution in [0.1, 0.15) is 10.6 Å². The molecule has 1 aliphatic rings. The van der Waals surface area contributed by atoms with Gasteiger partial charge in [0.05, 0.1) is 6.54 Å². The van der Waals surface area contributed by atoms with E-state index in [1.54, 1.807) is 11.3 Å². The van der Waals surface area contributed by atoms with E-state index in [9.17, 15) is 4.79 Å². The highest BCUT2D eigenvalue weighted by atomic mass is 32.1. The smallest absolute Gasteiger partial charge is 0.238 e. The Hall–Kier alpha value is -1.72. The predicted molar refractivity (Wildman–Crippen MR) is 79.5 cm³/mol. The van der Waals surface area contributed by atoms with Crippen LogP contribution in [0, 0.1) is 0 Å². The average Bonchev–Trinajstić information content (AvgIpc) is 3.08. The van der Waals surface area contributed by atoms with Crippen LogP contribution >= 0.6 is 11.3 Å². The molecule has 0 spiro atoms. The van der Waals surface area contributed by atoms with Gasteiger partial charge in [-0.3, -0.25) is 14.7 Å². The molecule has 20 heavy (non-hydrogen) atoms. The Balaban J connectivity index is 1.39. The van der Waals surface area contributed by atoms with Gasteiger partial charge in [-0.05, 0) is 23.6 Å². The molecule has 4 nitrogen and oxygen atoms in total. The minimum absolute atomic E-state index is 0.0543. The van der Waals surface area contributed by atoms with Crippen molar-refractivity contribution in [1.29, 1.82) is 0 Å². The molecule has 3 heterocycles. The molecule has 0 saturated carbocycles. The lowest BCUT2D eigenvalue weighted by molar-refractivity contribution is -0.121. The van der Waals surface area contributed by atoms with E-state index in [0.717, 1.165) is 25.2 Å². The Morgan fingerprint density at radius 1 is 1.40 bits per heavy atom. The van der Waals surface area contributed by atoms with Crippen molar-refractivity contribution in [3.05, 3.63) is 52.5 Å². The predicted octanol–water partition coefficient (Wildman–Crippen LogP) is 1.69. The summed E-state index contributed by atoms with van der Waals surface area (Å²) >= 11 is 1.67. The molecule has 2 aromatic heterocycles. The van der Waals surface area contributed by atoms with Crippen LogP contribution in [0.25, 0.3) is 0 Å². The number of hydrogen-bond donors (Lipinski definition) is 1. The largest absolute Gasteiger partial charge is 0.350 e. The molecular weight excluding hydrogens is 270 g/mol. The van der Waals surface area contributed by atoms with Crippen molar-refractivity contribution in [3.8, 4) is 0 Å². The molecule has 2 aromatic rings. The van der Waals surface area contributed by atoms with Crippen molar-refractivity contribution in [2.75, 3.05) is 13.1 Å². The maximum atomic E-state index is 12.0. The zero-order chi connectivity index (χ0) is 13.8. The standard InChI is InChI=1S/C15H17N3OS/c19-15(17-10-13-5-3-9-20-13)14-11-18(14)8-6-12-4-1-2-7-16-12/h1-5,7,9,14H,6,8,10-11H2,(H,17,19). The lowest BCUT2D eigenvalue weighted by atomic mass is 10.3. The summed E-state index contributed by atoms with van der Waals surface area (Å²) in [5.41, 5.74) is 1.08. The van der Waals surface area contributed by atoms with Crippen LogP contribution < -0.4 is 5.32 Å². The number of nitrogens with zero attached hydrogens (tertiary/aromatic N) is 2. The summed E-state index contributed by atoms with van der Waals surface area (Å²) in [4.78, 5) is 19.6. The second-order valence-corrected chi connectivity index (χ2v) is 5.91. The summed E-state index contributed by atoms with van der Waals surface area (Å²) in [6, 6.07) is 10.0. The van der Waals surface area contributed by atoms with Crippen molar-refractivity contribution in [3.63, 3.8) is 0 Å². The van der Waals surface area contributed by atoms with Gasteiger partial charge in [0.2, 0.25) is 5.91 Å². The van der Waals surface area contributed by atoms with Gasteiger partial charge in [0.1, 0.15) is 6.04 Å². The van der Waals surface area contributed by atoms with E-state index < -0.39 is 0 Å². The van der Waals surface area contributed by atoms with Crippen LogP contribution in [0.3, 0.4) is 0 Å². The maximum absolute atomic E-state index is 12.0. The van der Waals surface area contributed by atoms with Gasteiger partial charge in [0.15, 0.2) is 0 Å². The molecular formula is C15H17N3OS. The quantitative estimate of drug-likeness (QED) is 0.822. The fourth-order valence-corrected chi connectivity index (χ4v) is 2.82. The average molecular weight is 287 g/mol. The highest BCUT2D eigenvalue weighted by molar-refractivity contribution is 7.09. The zero-order valence-electron chi connectivity index (χ0n) is 11.2. The van der Waals surface area contributed by atoms with Crippen molar-refractivity contribution < 1.29 is 4.79 Å². The van der Waals surface area contributed by atoms with Crippen LogP contribution in [0.4, 0.5) is 0 Å². The van der Waals surface area contributed by atoms with Gasteiger partial charge in [-0.15, -0.1) is 11.3 Å². The molecule has 1 N–H and O–H groups in total. The number of nitrogens with one attached hydrogen (secondary N) is 1. The van der Waals surface area contributed by atoms with Crippen LogP contribution in [0.15, 0.2) is 41.9 Å². The third kappa shape index (κ3) is 3.43. The first-order chi connectivity index (χ1) is 9.83. The summed E-state index contributed by atoms with van der Waals surface area (Å²) in [6.07, 6.45) is 2.71. The second kappa shape index (κ2) is 6.15. The zero-order valence-corrected chi connectivity index (χ0v) is 12.0. The monoisotopic (exact) mass is 287 g/mol. The fourth-order valence-electron chi connectivity index (χ4n) is 2.18. The van der Waals surface area contributed by atoms with Gasteiger partial charge in [0.25, 0.3) is 0 Å². The van der Waals surface area contributed by atoms with Crippen molar-refractivity contribution >= 4 is 17.2 Å². The Morgan fingerprint density at radius 2 is 2.35 bits per heavy atom. The summed E-state index contributed by atoms with van der Waals surface area (Å²) in [6.45, 7) is 2.40. The lowest BCUT2D eigenvalue weighted by Crippen LogP contribution is -2.29. The van der Waals surface area contributed by atoms with Crippen molar-refractivity contribution in [1.82, 2.24) is 15.2 Å². The van der Waals surface area contributed by atoms with Gasteiger partial charge >= 0.3 is 0 Å². The molecule has 1 amide bonds. The van der Waals surface area contributed by atoms with Crippen molar-refractivity contribution in [2.24, 2.45) is 0 Å². The molecule has 0 bridgehead atoms. The molecule has 0 aromatic carbocycles. The molecule has 1 fully saturated rings. The topological polar surface area (TPSA) is 45.0 Å². The number of carbonyl (C=O) groups is 1. The molecule has 0 radical (unpaired) electrons. The number of rotatable bonds is 6. The minimum atomic E-state index is 0.0543. The van der Waals surface area contributed by atoms with Crippen LogP contribution in [0.2, 0.25) is 0 Å². The van der Waals surface area contributed by atoms with E-state index in [1.165, 1.54) is 4.88 Å². The number of pyridine rings is 1. The van der Waals surface area contributed by atoms with Gasteiger partial charge in [0, 0.05) is 36.3 Å². The number of aromatic nitrogens is 1. The van der Waals surface area contributed by atoms with Gasteiger partial charge in [-0.1, -0.05) is 12.1 Å². The fraction of sp³-hybridized carbons (Fsp3) is 0.333. The Morgan fingerprint density at radius 3 is 3.10 bits per heavy atom. The molecule has 2 atom stereocenters. The van der Waals surface area contributed by atoms with E-state index in [1.807, 2.05) is 41.9 Å². The number of amides is 1. The normalized spacial score (nSPS) is 20.6. The van der Waals surface area contributed by atoms with Crippen LogP contribution in [-0.4, -0.2) is 34.9 Å². The SMILES string of the molecule is O=C(NCc1cccs1)C1CN1CCc1ccccn1. The first-order valence-electron chi connectivity index (χ1n) is 6.77. The number of thiophene rings is 1. The second-order valence-electron chi connectivity index (χ2n) is 4.88. The van der Waals surface area contributed by atoms with E-state index in [0.29, 0.717) is 6.54 Å². The molecule has 1 aliphatic heterocycles. The van der Waals surface area contributed by atoms with Crippen molar-refractivity contribution in [2.45, 2.75) is 19.0 Å². The van der Waals surface area contributed by atoms with E-state index in [-0.39, 0.29) is 11.9 Å². The van der Waals surface area contributed by atoms with E-state index >= 15 is 0 Å². The summed E-state index contributed by atoms with van der Waals surface area (Å²) in [5, 5.41) is 5.01. The number of hydrogen-bond acceptors (Lipinski definition) is 4. The summed E-state index contributed by atoms with van der Waals surface area (Å²) in [7, 11) is 0.